The molecule has 96 valence electrons. The van der Waals surface area contributed by atoms with Crippen molar-refractivity contribution in [1.29, 1.82) is 0 Å². The Morgan fingerprint density at radius 1 is 1.33 bits per heavy atom. The van der Waals surface area contributed by atoms with Gasteiger partial charge in [-0.1, -0.05) is 11.6 Å². The fourth-order valence-electron chi connectivity index (χ4n) is 2.20. The number of hydrogen-bond acceptors (Lipinski definition) is 3. The maximum absolute atomic E-state index is 5.77. The first-order valence-electron chi connectivity index (χ1n) is 5.87. The minimum absolute atomic E-state index is 0.182. The minimum atomic E-state index is 0.182. The molecule has 0 aliphatic heterocycles. The zero-order valence-corrected chi connectivity index (χ0v) is 11.8. The number of nitrogens with zero attached hydrogens (tertiary/aromatic N) is 3. The van der Waals surface area contributed by atoms with E-state index in [9.17, 15) is 0 Å². The molecule has 0 bridgehead atoms. The second-order valence-electron chi connectivity index (χ2n) is 4.44. The molecule has 2 heterocycles. The van der Waals surface area contributed by atoms with E-state index in [2.05, 4.69) is 29.2 Å². The van der Waals surface area contributed by atoms with E-state index in [0.29, 0.717) is 5.15 Å². The minimum Gasteiger partial charge on any atom is -0.377 e. The molecule has 18 heavy (non-hydrogen) atoms. The van der Waals surface area contributed by atoms with Gasteiger partial charge in [-0.2, -0.15) is 5.10 Å². The van der Waals surface area contributed by atoms with Crippen LogP contribution in [-0.4, -0.2) is 14.8 Å². The number of pyridine rings is 1. The first-order chi connectivity index (χ1) is 8.49. The molecule has 1 atom stereocenters. The van der Waals surface area contributed by atoms with Gasteiger partial charge in [0, 0.05) is 18.3 Å². The largest absolute Gasteiger partial charge is 0.377 e. The van der Waals surface area contributed by atoms with Gasteiger partial charge in [-0.3, -0.25) is 4.68 Å². The van der Waals surface area contributed by atoms with Gasteiger partial charge in [-0.05, 0) is 32.9 Å². The number of anilines is 1. The van der Waals surface area contributed by atoms with E-state index in [0.717, 1.165) is 11.4 Å². The Kier molecular flexibility index (Phi) is 3.57. The molecule has 1 N–H and O–H groups in total. The van der Waals surface area contributed by atoms with Crippen molar-refractivity contribution in [3.63, 3.8) is 0 Å². The zero-order valence-electron chi connectivity index (χ0n) is 11.0. The van der Waals surface area contributed by atoms with Crippen LogP contribution in [0.2, 0.25) is 5.15 Å². The quantitative estimate of drug-likeness (QED) is 0.866. The van der Waals surface area contributed by atoms with Crippen molar-refractivity contribution >= 4 is 17.3 Å². The normalized spacial score (nSPS) is 12.5. The Morgan fingerprint density at radius 2 is 2.06 bits per heavy atom. The Balaban J connectivity index is 2.21. The predicted octanol–water partition coefficient (Wildman–Crippen LogP) is 3.26. The molecule has 2 aromatic rings. The zero-order chi connectivity index (χ0) is 13.3. The van der Waals surface area contributed by atoms with Crippen LogP contribution in [0.25, 0.3) is 0 Å². The summed E-state index contributed by atoms with van der Waals surface area (Å²) in [6.07, 6.45) is 1.74. The number of rotatable bonds is 3. The molecule has 1 unspecified atom stereocenters. The fraction of sp³-hybridized carbons (Fsp3) is 0.385. The van der Waals surface area contributed by atoms with Gasteiger partial charge < -0.3 is 5.32 Å². The van der Waals surface area contributed by atoms with Crippen LogP contribution < -0.4 is 5.32 Å². The van der Waals surface area contributed by atoms with Gasteiger partial charge in [0.1, 0.15) is 5.15 Å². The van der Waals surface area contributed by atoms with Crippen LogP contribution in [0, 0.1) is 13.8 Å². The van der Waals surface area contributed by atoms with Gasteiger partial charge >= 0.3 is 0 Å². The number of nitrogens with one attached hydrogen (secondary N) is 1. The predicted molar refractivity (Wildman–Crippen MR) is 74.0 cm³/mol. The van der Waals surface area contributed by atoms with Gasteiger partial charge in [-0.25, -0.2) is 4.98 Å². The van der Waals surface area contributed by atoms with Gasteiger partial charge in [-0.15, -0.1) is 0 Å². The number of aromatic nitrogens is 3. The molecule has 4 nitrogen and oxygen atoms in total. The summed E-state index contributed by atoms with van der Waals surface area (Å²) < 4.78 is 1.91. The SMILES string of the molecule is Cc1nn(C)c(C)c1C(C)Nc1ccc(Cl)nc1. The average Bonchev–Trinajstić information content (AvgIpc) is 2.56. The summed E-state index contributed by atoms with van der Waals surface area (Å²) in [7, 11) is 1.96. The van der Waals surface area contributed by atoms with Gasteiger partial charge in [0.2, 0.25) is 0 Å². The molecule has 0 radical (unpaired) electrons. The highest BCUT2D eigenvalue weighted by Gasteiger charge is 2.16. The van der Waals surface area contributed by atoms with Crippen molar-refractivity contribution in [3.8, 4) is 0 Å². The monoisotopic (exact) mass is 264 g/mol. The molecule has 0 aliphatic rings. The molecule has 0 saturated heterocycles. The molecule has 2 rings (SSSR count). The third-order valence-corrected chi connectivity index (χ3v) is 3.33. The molecule has 0 fully saturated rings. The van der Waals surface area contributed by atoms with Gasteiger partial charge in [0.05, 0.1) is 23.6 Å². The molecule has 0 amide bonds. The topological polar surface area (TPSA) is 42.7 Å². The van der Waals surface area contributed by atoms with Crippen molar-refractivity contribution in [2.24, 2.45) is 7.05 Å². The Bertz CT molecular complexity index is 545. The van der Waals surface area contributed by atoms with Crippen LogP contribution in [0.5, 0.6) is 0 Å². The number of halogens is 1. The summed E-state index contributed by atoms with van der Waals surface area (Å²) in [5.41, 5.74) is 4.41. The van der Waals surface area contributed by atoms with Gasteiger partial charge in [0.25, 0.3) is 0 Å². The lowest BCUT2D eigenvalue weighted by Gasteiger charge is -2.15. The van der Waals surface area contributed by atoms with Crippen LogP contribution in [0.1, 0.15) is 29.9 Å². The third kappa shape index (κ3) is 2.48. The summed E-state index contributed by atoms with van der Waals surface area (Å²) in [5, 5.41) is 8.34. The lowest BCUT2D eigenvalue weighted by Crippen LogP contribution is -2.09. The molecule has 0 spiro atoms. The Labute approximate surface area is 112 Å². The Morgan fingerprint density at radius 3 is 2.56 bits per heavy atom. The van der Waals surface area contributed by atoms with Crippen LogP contribution >= 0.6 is 11.6 Å². The van der Waals surface area contributed by atoms with E-state index in [4.69, 9.17) is 11.6 Å². The van der Waals surface area contributed by atoms with E-state index in [1.807, 2.05) is 24.7 Å². The summed E-state index contributed by atoms with van der Waals surface area (Å²) in [5.74, 6) is 0. The van der Waals surface area contributed by atoms with Crippen LogP contribution in [0.4, 0.5) is 5.69 Å². The average molecular weight is 265 g/mol. The first kappa shape index (κ1) is 12.9. The summed E-state index contributed by atoms with van der Waals surface area (Å²) in [4.78, 5) is 4.06. The van der Waals surface area contributed by atoms with Gasteiger partial charge in [0.15, 0.2) is 0 Å². The molecule has 0 aliphatic carbocycles. The standard InChI is InChI=1S/C13H17ClN4/c1-8(13-9(2)17-18(4)10(13)3)16-11-5-6-12(14)15-7-11/h5-8,16H,1-4H3. The smallest absolute Gasteiger partial charge is 0.129 e. The lowest BCUT2D eigenvalue weighted by atomic mass is 10.1. The number of hydrogen-bond donors (Lipinski definition) is 1. The van der Waals surface area contributed by atoms with E-state index >= 15 is 0 Å². The third-order valence-electron chi connectivity index (χ3n) is 3.11. The van der Waals surface area contributed by atoms with Crippen molar-refractivity contribution in [1.82, 2.24) is 14.8 Å². The van der Waals surface area contributed by atoms with Crippen LogP contribution in [0.15, 0.2) is 18.3 Å². The maximum Gasteiger partial charge on any atom is 0.129 e. The van der Waals surface area contributed by atoms with Crippen molar-refractivity contribution in [2.45, 2.75) is 26.8 Å². The molecule has 2 aromatic heterocycles. The second-order valence-corrected chi connectivity index (χ2v) is 4.83. The fourth-order valence-corrected chi connectivity index (χ4v) is 2.31. The number of aryl methyl sites for hydroxylation is 2. The molecule has 5 heteroatoms. The van der Waals surface area contributed by atoms with Crippen molar-refractivity contribution in [2.75, 3.05) is 5.32 Å². The highest BCUT2D eigenvalue weighted by Crippen LogP contribution is 2.24. The van der Waals surface area contributed by atoms with Crippen molar-refractivity contribution in [3.05, 3.63) is 40.4 Å². The van der Waals surface area contributed by atoms with E-state index in [1.54, 1.807) is 12.3 Å². The molecular formula is C13H17ClN4. The summed E-state index contributed by atoms with van der Waals surface area (Å²) in [6, 6.07) is 3.88. The molecule has 0 saturated carbocycles. The Hall–Kier alpha value is -1.55. The lowest BCUT2D eigenvalue weighted by molar-refractivity contribution is 0.728. The van der Waals surface area contributed by atoms with Crippen LogP contribution in [0.3, 0.4) is 0 Å². The van der Waals surface area contributed by atoms with Crippen LogP contribution in [-0.2, 0) is 7.05 Å². The van der Waals surface area contributed by atoms with E-state index < -0.39 is 0 Å². The molecular weight excluding hydrogens is 248 g/mol. The first-order valence-corrected chi connectivity index (χ1v) is 6.25. The van der Waals surface area contributed by atoms with Crippen molar-refractivity contribution < 1.29 is 0 Å². The second kappa shape index (κ2) is 4.98. The van der Waals surface area contributed by atoms with E-state index in [1.165, 1.54) is 11.3 Å². The summed E-state index contributed by atoms with van der Waals surface area (Å²) >= 11 is 5.77. The maximum atomic E-state index is 5.77. The highest BCUT2D eigenvalue weighted by molar-refractivity contribution is 6.29. The summed E-state index contributed by atoms with van der Waals surface area (Å²) in [6.45, 7) is 6.22. The highest BCUT2D eigenvalue weighted by atomic mass is 35.5. The molecule has 0 aromatic carbocycles. The van der Waals surface area contributed by atoms with E-state index in [-0.39, 0.29) is 6.04 Å².